The first kappa shape index (κ1) is 12.8. The fourth-order valence-corrected chi connectivity index (χ4v) is 2.88. The summed E-state index contributed by atoms with van der Waals surface area (Å²) in [6, 6.07) is 15.7. The van der Waals surface area contributed by atoms with Crippen molar-refractivity contribution >= 4 is 23.3 Å². The monoisotopic (exact) mass is 290 g/mol. The summed E-state index contributed by atoms with van der Waals surface area (Å²) in [7, 11) is 0. The van der Waals surface area contributed by atoms with Crippen LogP contribution in [0.5, 0.6) is 0 Å². The molecule has 1 N–H and O–H groups in total. The Balaban J connectivity index is 1.93. The Labute approximate surface area is 128 Å². The molecule has 1 unspecified atom stereocenters. The maximum atomic E-state index is 11.4. The zero-order chi connectivity index (χ0) is 15.1. The van der Waals surface area contributed by atoms with E-state index in [1.54, 1.807) is 0 Å². The van der Waals surface area contributed by atoms with Gasteiger partial charge in [-0.2, -0.15) is 0 Å². The fourth-order valence-electron chi connectivity index (χ4n) is 2.88. The van der Waals surface area contributed by atoms with Gasteiger partial charge in [0, 0.05) is 35.0 Å². The van der Waals surface area contributed by atoms with Gasteiger partial charge < -0.3 is 10.1 Å². The quantitative estimate of drug-likeness (QED) is 0.755. The summed E-state index contributed by atoms with van der Waals surface area (Å²) in [5.74, 6) is 0.00842. The van der Waals surface area contributed by atoms with Crippen LogP contribution in [0.15, 0.2) is 59.6 Å². The molecule has 2 aliphatic heterocycles. The minimum atomic E-state index is -0.365. The van der Waals surface area contributed by atoms with E-state index in [-0.39, 0.29) is 12.0 Å². The van der Waals surface area contributed by atoms with Crippen LogP contribution in [0.25, 0.3) is 5.70 Å². The van der Waals surface area contributed by atoms with Gasteiger partial charge in [0.25, 0.3) is 0 Å². The Bertz CT molecular complexity index is 836. The highest BCUT2D eigenvalue weighted by Gasteiger charge is 2.27. The summed E-state index contributed by atoms with van der Waals surface area (Å²) < 4.78 is 5.37. The lowest BCUT2D eigenvalue weighted by Gasteiger charge is -2.22. The second-order valence-corrected chi connectivity index (χ2v) is 5.31. The zero-order valence-electron chi connectivity index (χ0n) is 12.0. The molecule has 0 amide bonds. The van der Waals surface area contributed by atoms with Gasteiger partial charge in [0.2, 0.25) is 5.90 Å². The first-order valence-electron chi connectivity index (χ1n) is 7.16. The molecule has 2 aromatic rings. The predicted molar refractivity (Wildman–Crippen MR) is 85.5 cm³/mol. The van der Waals surface area contributed by atoms with Crippen molar-refractivity contribution in [2.75, 3.05) is 5.32 Å². The van der Waals surface area contributed by atoms with Crippen LogP contribution in [-0.4, -0.2) is 11.9 Å². The SMILES string of the molecule is CC(=O)OC1=NC2C=C(Nc3ccccc32)c2ccccc21. The van der Waals surface area contributed by atoms with E-state index < -0.39 is 0 Å². The summed E-state index contributed by atoms with van der Waals surface area (Å²) in [4.78, 5) is 16.1. The van der Waals surface area contributed by atoms with Crippen LogP contribution < -0.4 is 5.32 Å². The number of ether oxygens (including phenoxy) is 1. The van der Waals surface area contributed by atoms with E-state index in [2.05, 4.69) is 16.4 Å². The number of esters is 1. The van der Waals surface area contributed by atoms with Gasteiger partial charge in [0.05, 0.1) is 0 Å². The average molecular weight is 290 g/mol. The molecule has 0 radical (unpaired) electrons. The van der Waals surface area contributed by atoms with Crippen LogP contribution >= 0.6 is 0 Å². The van der Waals surface area contributed by atoms with Crippen molar-refractivity contribution in [1.29, 1.82) is 0 Å². The van der Waals surface area contributed by atoms with Crippen molar-refractivity contribution in [2.45, 2.75) is 13.0 Å². The van der Waals surface area contributed by atoms with Gasteiger partial charge in [0.1, 0.15) is 6.04 Å². The first-order chi connectivity index (χ1) is 10.7. The number of para-hydroxylation sites is 1. The second kappa shape index (κ2) is 4.84. The van der Waals surface area contributed by atoms with Crippen molar-refractivity contribution in [1.82, 2.24) is 0 Å². The molecule has 0 saturated carbocycles. The lowest BCUT2D eigenvalue weighted by Crippen LogP contribution is -2.12. The third-order valence-corrected chi connectivity index (χ3v) is 3.82. The van der Waals surface area contributed by atoms with Gasteiger partial charge in [-0.15, -0.1) is 0 Å². The highest BCUT2D eigenvalue weighted by molar-refractivity contribution is 6.06. The number of aliphatic imine (C=N–C) groups is 1. The number of nitrogens with zero attached hydrogens (tertiary/aromatic N) is 1. The van der Waals surface area contributed by atoms with Crippen molar-refractivity contribution in [3.63, 3.8) is 0 Å². The van der Waals surface area contributed by atoms with E-state index in [9.17, 15) is 4.79 Å². The second-order valence-electron chi connectivity index (χ2n) is 5.31. The number of hydrogen-bond acceptors (Lipinski definition) is 4. The molecule has 4 heteroatoms. The first-order valence-corrected chi connectivity index (χ1v) is 7.16. The maximum Gasteiger partial charge on any atom is 0.309 e. The average Bonchev–Trinajstić information content (AvgIpc) is 2.64. The van der Waals surface area contributed by atoms with Gasteiger partial charge in [-0.05, 0) is 18.2 Å². The Morgan fingerprint density at radius 1 is 1.09 bits per heavy atom. The van der Waals surface area contributed by atoms with Crippen molar-refractivity contribution in [3.05, 3.63) is 71.3 Å². The van der Waals surface area contributed by atoms with Crippen LogP contribution in [0.3, 0.4) is 0 Å². The number of fused-ring (bicyclic) bond motifs is 5. The molecule has 0 saturated heterocycles. The smallest absolute Gasteiger partial charge is 0.309 e. The highest BCUT2D eigenvalue weighted by Crippen LogP contribution is 2.39. The van der Waals surface area contributed by atoms with Crippen LogP contribution in [-0.2, 0) is 9.53 Å². The van der Waals surface area contributed by atoms with Crippen LogP contribution in [0.4, 0.5) is 5.69 Å². The van der Waals surface area contributed by atoms with Gasteiger partial charge in [0.15, 0.2) is 0 Å². The topological polar surface area (TPSA) is 50.7 Å². The van der Waals surface area contributed by atoms with Crippen molar-refractivity contribution in [2.24, 2.45) is 4.99 Å². The van der Waals surface area contributed by atoms with E-state index in [1.165, 1.54) is 6.92 Å². The molecule has 108 valence electrons. The van der Waals surface area contributed by atoms with E-state index in [4.69, 9.17) is 4.74 Å². The molecule has 22 heavy (non-hydrogen) atoms. The molecule has 0 spiro atoms. The standard InChI is InChI=1S/C18H14N2O2/c1-11(21)22-18-13-7-3-2-6-12(13)16-10-17(20-18)14-8-4-5-9-15(14)19-16/h2-10,17,19H,1H3. The van der Waals surface area contributed by atoms with Gasteiger partial charge in [-0.1, -0.05) is 36.4 Å². The third kappa shape index (κ3) is 2.00. The fraction of sp³-hybridized carbons (Fsp3) is 0.111. The van der Waals surface area contributed by atoms with E-state index in [0.29, 0.717) is 5.90 Å². The van der Waals surface area contributed by atoms with Gasteiger partial charge in [-0.3, -0.25) is 4.79 Å². The van der Waals surface area contributed by atoms with E-state index in [1.807, 2.05) is 48.5 Å². The molecule has 0 aromatic heterocycles. The predicted octanol–water partition coefficient (Wildman–Crippen LogP) is 3.52. The Kier molecular flexibility index (Phi) is 2.82. The molecule has 2 heterocycles. The number of benzene rings is 2. The van der Waals surface area contributed by atoms with Crippen LogP contribution in [0.2, 0.25) is 0 Å². The summed E-state index contributed by atoms with van der Waals surface area (Å²) in [5, 5.41) is 3.45. The number of hydrogen-bond donors (Lipinski definition) is 1. The number of nitrogens with one attached hydrogen (secondary N) is 1. The number of carbonyl (C=O) groups excluding carboxylic acids is 1. The van der Waals surface area contributed by atoms with Crippen LogP contribution in [0.1, 0.15) is 29.7 Å². The summed E-state index contributed by atoms with van der Waals surface area (Å²) in [6.07, 6.45) is 2.07. The number of rotatable bonds is 0. The highest BCUT2D eigenvalue weighted by atomic mass is 16.5. The minimum Gasteiger partial charge on any atom is -0.407 e. The third-order valence-electron chi connectivity index (χ3n) is 3.82. The van der Waals surface area contributed by atoms with Crippen LogP contribution in [0, 0.1) is 0 Å². The minimum absolute atomic E-state index is 0.158. The summed E-state index contributed by atoms with van der Waals surface area (Å²) in [5.41, 5.74) is 4.91. The zero-order valence-corrected chi connectivity index (χ0v) is 12.0. The lowest BCUT2D eigenvalue weighted by atomic mass is 9.97. The molecule has 2 aliphatic rings. The molecule has 4 nitrogen and oxygen atoms in total. The van der Waals surface area contributed by atoms with Crippen molar-refractivity contribution in [3.8, 4) is 0 Å². The summed E-state index contributed by atoms with van der Waals surface area (Å²) >= 11 is 0. The molecular formula is C18H14N2O2. The molecule has 2 bridgehead atoms. The Morgan fingerprint density at radius 2 is 1.82 bits per heavy atom. The van der Waals surface area contributed by atoms with Gasteiger partial charge in [-0.25, -0.2) is 4.99 Å². The number of anilines is 1. The van der Waals surface area contributed by atoms with Crippen molar-refractivity contribution < 1.29 is 9.53 Å². The lowest BCUT2D eigenvalue weighted by molar-refractivity contribution is -0.132. The molecular weight excluding hydrogens is 276 g/mol. The maximum absolute atomic E-state index is 11.4. The molecule has 0 aliphatic carbocycles. The number of carbonyl (C=O) groups is 1. The molecule has 0 fully saturated rings. The van der Waals surface area contributed by atoms with E-state index in [0.717, 1.165) is 28.1 Å². The molecule has 4 rings (SSSR count). The van der Waals surface area contributed by atoms with Gasteiger partial charge >= 0.3 is 5.97 Å². The molecule has 2 aromatic carbocycles. The Morgan fingerprint density at radius 3 is 2.64 bits per heavy atom. The summed E-state index contributed by atoms with van der Waals surface area (Å²) in [6.45, 7) is 1.39. The molecule has 1 atom stereocenters. The Hall–Kier alpha value is -2.88. The largest absolute Gasteiger partial charge is 0.407 e. The van der Waals surface area contributed by atoms with E-state index >= 15 is 0 Å². The normalized spacial score (nSPS) is 18.0.